The molecule has 0 spiro atoms. The molecule has 2 aliphatic rings. The van der Waals surface area contributed by atoms with E-state index in [1.165, 1.54) is 31.2 Å². The summed E-state index contributed by atoms with van der Waals surface area (Å²) >= 11 is 0. The topological polar surface area (TPSA) is 80.9 Å². The molecule has 1 fully saturated rings. The van der Waals surface area contributed by atoms with Gasteiger partial charge in [0.25, 0.3) is 0 Å². The van der Waals surface area contributed by atoms with Crippen molar-refractivity contribution in [2.24, 2.45) is 5.92 Å². The van der Waals surface area contributed by atoms with E-state index < -0.39 is 0 Å². The molecule has 2 N–H and O–H groups in total. The molecule has 1 atom stereocenters. The first-order chi connectivity index (χ1) is 12.2. The van der Waals surface area contributed by atoms with Crippen LogP contribution < -0.4 is 0 Å². The third-order valence-electron chi connectivity index (χ3n) is 5.19. The van der Waals surface area contributed by atoms with Crippen LogP contribution in [0.2, 0.25) is 0 Å². The van der Waals surface area contributed by atoms with E-state index in [0.29, 0.717) is 24.8 Å². The fraction of sp³-hybridized carbons (Fsp3) is 0.500. The molecule has 132 valence electrons. The second-order valence-corrected chi connectivity index (χ2v) is 7.06. The number of rotatable bonds is 5. The number of nitrogens with one attached hydrogen (secondary N) is 2. The van der Waals surface area contributed by atoms with Crippen LogP contribution in [0.3, 0.4) is 0 Å². The molecule has 1 aliphatic heterocycles. The van der Waals surface area contributed by atoms with Crippen molar-refractivity contribution < 1.29 is 4.79 Å². The number of hydrogen-bond acceptors (Lipinski definition) is 5. The van der Waals surface area contributed by atoms with E-state index in [1.807, 2.05) is 18.5 Å². The van der Waals surface area contributed by atoms with Crippen molar-refractivity contribution in [1.82, 2.24) is 9.88 Å². The molecular weight excluding hydrogens is 312 g/mol. The first-order valence-corrected chi connectivity index (χ1v) is 9.14. The summed E-state index contributed by atoms with van der Waals surface area (Å²) in [6.07, 6.45) is 12.7. The van der Waals surface area contributed by atoms with Crippen molar-refractivity contribution in [3.05, 3.63) is 35.7 Å². The zero-order valence-electron chi connectivity index (χ0n) is 14.6. The lowest BCUT2D eigenvalue weighted by molar-refractivity contribution is -0.102. The second kappa shape index (κ2) is 8.30. The van der Waals surface area contributed by atoms with Crippen LogP contribution in [0, 0.1) is 16.7 Å². The highest BCUT2D eigenvalue weighted by atomic mass is 16.1. The van der Waals surface area contributed by atoms with Crippen molar-refractivity contribution in [3.8, 4) is 0 Å². The Morgan fingerprint density at radius 3 is 2.72 bits per heavy atom. The van der Waals surface area contributed by atoms with Gasteiger partial charge in [-0.2, -0.15) is 0 Å². The van der Waals surface area contributed by atoms with E-state index in [2.05, 4.69) is 16.0 Å². The molecule has 0 bridgehead atoms. The van der Waals surface area contributed by atoms with Crippen LogP contribution in [0.1, 0.15) is 49.7 Å². The molecular formula is C20H26N4O. The molecule has 3 rings (SSSR count). The van der Waals surface area contributed by atoms with E-state index >= 15 is 0 Å². The SMILES string of the molecule is N=C(C=O)C1CC(c2cncc(CN3CCCCCC3)c2)=CCC1=N. The summed E-state index contributed by atoms with van der Waals surface area (Å²) in [7, 11) is 0. The molecule has 1 saturated heterocycles. The highest BCUT2D eigenvalue weighted by Gasteiger charge is 2.25. The number of allylic oxidation sites excluding steroid dienone is 2. The molecule has 0 aromatic carbocycles. The minimum atomic E-state index is -0.383. The largest absolute Gasteiger partial charge is 0.309 e. The predicted molar refractivity (Wildman–Crippen MR) is 100 cm³/mol. The maximum absolute atomic E-state index is 10.9. The molecule has 0 amide bonds. The van der Waals surface area contributed by atoms with Gasteiger partial charge in [0.05, 0.1) is 5.71 Å². The summed E-state index contributed by atoms with van der Waals surface area (Å²) in [4.78, 5) is 17.9. The fourth-order valence-electron chi connectivity index (χ4n) is 3.72. The van der Waals surface area contributed by atoms with Crippen LogP contribution in [-0.4, -0.2) is 40.7 Å². The molecule has 2 heterocycles. The van der Waals surface area contributed by atoms with Crippen LogP contribution in [0.15, 0.2) is 24.5 Å². The zero-order valence-corrected chi connectivity index (χ0v) is 14.6. The smallest absolute Gasteiger partial charge is 0.164 e. The van der Waals surface area contributed by atoms with Crippen molar-refractivity contribution in [3.63, 3.8) is 0 Å². The van der Waals surface area contributed by atoms with E-state index in [1.54, 1.807) is 0 Å². The molecule has 0 radical (unpaired) electrons. The number of carbonyl (C=O) groups is 1. The fourth-order valence-corrected chi connectivity index (χ4v) is 3.72. The van der Waals surface area contributed by atoms with Crippen molar-refractivity contribution >= 4 is 23.3 Å². The molecule has 25 heavy (non-hydrogen) atoms. The Kier molecular flexibility index (Phi) is 5.87. The Morgan fingerprint density at radius 2 is 2.00 bits per heavy atom. The summed E-state index contributed by atoms with van der Waals surface area (Å²) in [5.41, 5.74) is 3.82. The van der Waals surface area contributed by atoms with Crippen molar-refractivity contribution in [1.29, 1.82) is 10.8 Å². The molecule has 1 aromatic heterocycles. The van der Waals surface area contributed by atoms with Crippen LogP contribution in [0.25, 0.3) is 5.57 Å². The van der Waals surface area contributed by atoms with Gasteiger partial charge in [0.15, 0.2) is 6.29 Å². The van der Waals surface area contributed by atoms with Gasteiger partial charge in [-0.25, -0.2) is 0 Å². The highest BCUT2D eigenvalue weighted by molar-refractivity contribution is 6.33. The quantitative estimate of drug-likeness (QED) is 0.637. The zero-order chi connectivity index (χ0) is 17.6. The van der Waals surface area contributed by atoms with Gasteiger partial charge in [0.1, 0.15) is 0 Å². The number of hydrogen-bond donors (Lipinski definition) is 2. The third-order valence-corrected chi connectivity index (χ3v) is 5.19. The van der Waals surface area contributed by atoms with E-state index in [0.717, 1.165) is 30.8 Å². The lowest BCUT2D eigenvalue weighted by atomic mass is 9.82. The Bertz CT molecular complexity index is 687. The van der Waals surface area contributed by atoms with Crippen LogP contribution in [0.5, 0.6) is 0 Å². The first kappa shape index (κ1) is 17.7. The summed E-state index contributed by atoms with van der Waals surface area (Å²) < 4.78 is 0. The summed E-state index contributed by atoms with van der Waals surface area (Å²) in [5.74, 6) is -0.383. The van der Waals surface area contributed by atoms with Gasteiger partial charge in [0, 0.05) is 37.0 Å². The van der Waals surface area contributed by atoms with Crippen molar-refractivity contribution in [2.45, 2.75) is 45.1 Å². The maximum Gasteiger partial charge on any atom is 0.164 e. The molecule has 1 aliphatic carbocycles. The summed E-state index contributed by atoms with van der Waals surface area (Å²) in [6.45, 7) is 3.24. The summed E-state index contributed by atoms with van der Waals surface area (Å²) in [6, 6.07) is 2.18. The van der Waals surface area contributed by atoms with E-state index in [4.69, 9.17) is 10.8 Å². The minimum Gasteiger partial charge on any atom is -0.309 e. The van der Waals surface area contributed by atoms with Gasteiger partial charge in [-0.05, 0) is 55.1 Å². The molecule has 5 heteroatoms. The average Bonchev–Trinajstić information content (AvgIpc) is 2.90. The average molecular weight is 338 g/mol. The molecule has 1 unspecified atom stereocenters. The normalized spacial score (nSPS) is 22.2. The first-order valence-electron chi connectivity index (χ1n) is 9.14. The minimum absolute atomic E-state index is 0.00396. The van der Waals surface area contributed by atoms with Gasteiger partial charge in [-0.3, -0.25) is 14.7 Å². The molecule has 5 nitrogen and oxygen atoms in total. The van der Waals surface area contributed by atoms with Crippen LogP contribution in [0.4, 0.5) is 0 Å². The Morgan fingerprint density at radius 1 is 1.24 bits per heavy atom. The van der Waals surface area contributed by atoms with Crippen LogP contribution in [-0.2, 0) is 11.3 Å². The Hall–Kier alpha value is -2.14. The van der Waals surface area contributed by atoms with Gasteiger partial charge in [-0.15, -0.1) is 0 Å². The Balaban J connectivity index is 1.73. The third kappa shape index (κ3) is 4.48. The number of pyridine rings is 1. The van der Waals surface area contributed by atoms with Crippen LogP contribution >= 0.6 is 0 Å². The molecule has 1 aromatic rings. The number of carbonyl (C=O) groups excluding carboxylic acids is 1. The highest BCUT2D eigenvalue weighted by Crippen LogP contribution is 2.30. The molecule has 0 saturated carbocycles. The van der Waals surface area contributed by atoms with Gasteiger partial charge < -0.3 is 10.8 Å². The Labute approximate surface area is 149 Å². The van der Waals surface area contributed by atoms with Gasteiger partial charge in [-0.1, -0.05) is 18.9 Å². The maximum atomic E-state index is 10.9. The number of nitrogens with zero attached hydrogens (tertiary/aromatic N) is 2. The standard InChI is InChI=1S/C20H26N4O/c21-19-6-5-16(10-18(19)20(22)14-25)17-9-15(11-23-12-17)13-24-7-3-1-2-4-8-24/h5,9,11-12,14,18,21-22H,1-4,6-8,10,13H2. The number of likely N-dealkylation sites (tertiary alicyclic amines) is 1. The monoisotopic (exact) mass is 338 g/mol. The lowest BCUT2D eigenvalue weighted by Crippen LogP contribution is -2.26. The van der Waals surface area contributed by atoms with E-state index in [-0.39, 0.29) is 11.6 Å². The van der Waals surface area contributed by atoms with Gasteiger partial charge >= 0.3 is 0 Å². The second-order valence-electron chi connectivity index (χ2n) is 7.06. The predicted octanol–water partition coefficient (Wildman–Crippen LogP) is 3.49. The van der Waals surface area contributed by atoms with E-state index in [9.17, 15) is 4.79 Å². The number of aromatic nitrogens is 1. The number of aldehydes is 1. The summed E-state index contributed by atoms with van der Waals surface area (Å²) in [5, 5.41) is 15.8. The van der Waals surface area contributed by atoms with Gasteiger partial charge in [0.2, 0.25) is 0 Å². The van der Waals surface area contributed by atoms with Crippen molar-refractivity contribution in [2.75, 3.05) is 13.1 Å². The lowest BCUT2D eigenvalue weighted by Gasteiger charge is -2.23.